The molecule has 4 aromatic rings. The first kappa shape index (κ1) is 15.9. The number of nitrogens with zero attached hydrogens (tertiary/aromatic N) is 6. The summed E-state index contributed by atoms with van der Waals surface area (Å²) in [5.74, 6) is -1.17. The second-order valence-electron chi connectivity index (χ2n) is 6.09. The predicted octanol–water partition coefficient (Wildman–Crippen LogP) is 2.67. The highest BCUT2D eigenvalue weighted by Crippen LogP contribution is 2.36. The molecule has 0 fully saturated rings. The number of hydrogen-bond donors (Lipinski definition) is 1. The molecule has 0 amide bonds. The predicted molar refractivity (Wildman–Crippen MR) is 85.9 cm³/mol. The van der Waals surface area contributed by atoms with E-state index < -0.39 is 24.2 Å². The van der Waals surface area contributed by atoms with E-state index in [-0.39, 0.29) is 6.01 Å². The van der Waals surface area contributed by atoms with Gasteiger partial charge in [0.2, 0.25) is 0 Å². The number of anilines is 1. The number of hydrogen-bond acceptors (Lipinski definition) is 6. The lowest BCUT2D eigenvalue weighted by Gasteiger charge is -2.32. The lowest BCUT2D eigenvalue weighted by atomic mass is 10.0. The number of aromatic nitrogens is 6. The molecule has 1 N–H and O–H groups in total. The number of halogens is 3. The van der Waals surface area contributed by atoms with Crippen LogP contribution in [0.15, 0.2) is 35.1 Å². The molecular weight excluding hydrogens is 363 g/mol. The van der Waals surface area contributed by atoms with E-state index in [1.54, 1.807) is 29.6 Å². The van der Waals surface area contributed by atoms with Gasteiger partial charge in [-0.05, 0) is 18.2 Å². The van der Waals surface area contributed by atoms with Gasteiger partial charge in [-0.15, -0.1) is 5.10 Å². The molecule has 0 spiro atoms. The second kappa shape index (κ2) is 5.83. The molecule has 5 heterocycles. The van der Waals surface area contributed by atoms with Gasteiger partial charge in [-0.2, -0.15) is 13.9 Å². The lowest BCUT2D eigenvalue weighted by Crippen LogP contribution is -2.36. The average molecular weight is 375 g/mol. The van der Waals surface area contributed by atoms with Gasteiger partial charge in [-0.3, -0.25) is 0 Å². The monoisotopic (exact) mass is 375 g/mol. The van der Waals surface area contributed by atoms with Crippen molar-refractivity contribution in [3.63, 3.8) is 0 Å². The molecule has 0 bridgehead atoms. The highest BCUT2D eigenvalue weighted by atomic mass is 19.3. The third-order valence-corrected chi connectivity index (χ3v) is 4.54. The Balaban J connectivity index is 1.65. The lowest BCUT2D eigenvalue weighted by molar-refractivity contribution is 0.115. The van der Waals surface area contributed by atoms with Crippen LogP contribution in [-0.4, -0.2) is 36.3 Å². The molecule has 4 aromatic heterocycles. The maximum absolute atomic E-state index is 14.1. The zero-order valence-corrected chi connectivity index (χ0v) is 13.7. The van der Waals surface area contributed by atoms with E-state index in [4.69, 9.17) is 4.42 Å². The van der Waals surface area contributed by atoms with E-state index in [1.165, 1.54) is 10.6 Å². The molecule has 0 radical (unpaired) electrons. The van der Waals surface area contributed by atoms with Gasteiger partial charge in [-0.1, -0.05) is 5.10 Å². The Morgan fingerprint density at radius 1 is 1.30 bits per heavy atom. The third-order valence-electron chi connectivity index (χ3n) is 4.54. The minimum absolute atomic E-state index is 0.0542. The Bertz CT molecular complexity index is 1120. The summed E-state index contributed by atoms with van der Waals surface area (Å²) in [6, 6.07) is 3.85. The van der Waals surface area contributed by atoms with Gasteiger partial charge in [0.15, 0.2) is 0 Å². The molecule has 0 saturated carbocycles. The summed E-state index contributed by atoms with van der Waals surface area (Å²) in [6.07, 6.45) is 0.901. The summed E-state index contributed by atoms with van der Waals surface area (Å²) in [6.45, 7) is 0.418. The van der Waals surface area contributed by atoms with Crippen molar-refractivity contribution in [3.8, 4) is 0 Å². The molecule has 1 atom stereocenters. The van der Waals surface area contributed by atoms with Crippen LogP contribution in [0, 0.1) is 5.82 Å². The Morgan fingerprint density at radius 2 is 2.19 bits per heavy atom. The fraction of sp³-hybridized carbons (Fsp3) is 0.250. The quantitative estimate of drug-likeness (QED) is 0.592. The molecule has 0 unspecified atom stereocenters. The van der Waals surface area contributed by atoms with Crippen LogP contribution in [0.1, 0.15) is 35.4 Å². The maximum Gasteiger partial charge on any atom is 0.319 e. The molecule has 1 aliphatic rings. The van der Waals surface area contributed by atoms with Crippen LogP contribution in [0.4, 0.5) is 19.2 Å². The molecule has 11 heteroatoms. The summed E-state index contributed by atoms with van der Waals surface area (Å²) >= 11 is 0. The number of rotatable bonds is 3. The Kier molecular flexibility index (Phi) is 3.42. The van der Waals surface area contributed by atoms with Crippen molar-refractivity contribution < 1.29 is 17.6 Å². The fourth-order valence-electron chi connectivity index (χ4n) is 3.35. The van der Waals surface area contributed by atoms with Crippen LogP contribution >= 0.6 is 0 Å². The maximum atomic E-state index is 14.1. The normalized spacial score (nSPS) is 17.0. The summed E-state index contributed by atoms with van der Waals surface area (Å²) in [7, 11) is 0. The Labute approximate surface area is 149 Å². The van der Waals surface area contributed by atoms with Crippen LogP contribution in [0.25, 0.3) is 5.52 Å². The number of pyridine rings is 1. The van der Waals surface area contributed by atoms with E-state index >= 15 is 0 Å². The van der Waals surface area contributed by atoms with Crippen molar-refractivity contribution in [2.24, 2.45) is 0 Å². The first-order valence-electron chi connectivity index (χ1n) is 8.16. The van der Waals surface area contributed by atoms with Gasteiger partial charge in [0, 0.05) is 24.9 Å². The summed E-state index contributed by atoms with van der Waals surface area (Å²) in [4.78, 5) is 9.07. The van der Waals surface area contributed by atoms with Gasteiger partial charge in [0.05, 0.1) is 17.7 Å². The van der Waals surface area contributed by atoms with Crippen molar-refractivity contribution in [1.82, 2.24) is 29.8 Å². The largest absolute Gasteiger partial charge is 0.402 e. The third kappa shape index (κ3) is 2.46. The van der Waals surface area contributed by atoms with E-state index in [0.717, 1.165) is 5.69 Å². The summed E-state index contributed by atoms with van der Waals surface area (Å²) < 4.78 is 46.3. The number of H-pyrrole nitrogens is 1. The SMILES string of the molecule is Fc1cccn2nc([C@H]3c4nc[nH]c4CCN3c3nnc(C(F)F)o3)cc12. The van der Waals surface area contributed by atoms with E-state index in [0.29, 0.717) is 29.9 Å². The minimum atomic E-state index is -2.86. The summed E-state index contributed by atoms with van der Waals surface area (Å²) in [5, 5.41) is 11.6. The number of nitrogens with one attached hydrogen (secondary N) is 1. The van der Waals surface area contributed by atoms with E-state index in [1.807, 2.05) is 0 Å². The molecular formula is C16H12F3N7O. The van der Waals surface area contributed by atoms with Gasteiger partial charge < -0.3 is 14.3 Å². The minimum Gasteiger partial charge on any atom is -0.402 e. The van der Waals surface area contributed by atoms with Gasteiger partial charge in [0.1, 0.15) is 17.4 Å². The van der Waals surface area contributed by atoms with Gasteiger partial charge in [0.25, 0.3) is 5.89 Å². The molecule has 0 aliphatic carbocycles. The van der Waals surface area contributed by atoms with Crippen molar-refractivity contribution in [3.05, 3.63) is 59.5 Å². The number of imidazole rings is 1. The first-order chi connectivity index (χ1) is 13.1. The molecule has 138 valence electrons. The molecule has 1 aliphatic heterocycles. The second-order valence-corrected chi connectivity index (χ2v) is 6.09. The smallest absolute Gasteiger partial charge is 0.319 e. The van der Waals surface area contributed by atoms with Crippen LogP contribution in [0.5, 0.6) is 0 Å². The zero-order valence-electron chi connectivity index (χ0n) is 13.7. The van der Waals surface area contributed by atoms with Gasteiger partial charge in [-0.25, -0.2) is 13.9 Å². The van der Waals surface area contributed by atoms with E-state index in [2.05, 4.69) is 25.3 Å². The number of aromatic amines is 1. The molecule has 5 rings (SSSR count). The van der Waals surface area contributed by atoms with Crippen molar-refractivity contribution in [2.75, 3.05) is 11.4 Å². The topological polar surface area (TPSA) is 88.1 Å². The molecule has 27 heavy (non-hydrogen) atoms. The average Bonchev–Trinajstić information content (AvgIpc) is 3.39. The zero-order chi connectivity index (χ0) is 18.5. The van der Waals surface area contributed by atoms with Crippen LogP contribution in [0.2, 0.25) is 0 Å². The first-order valence-corrected chi connectivity index (χ1v) is 8.16. The molecule has 0 saturated heterocycles. The Morgan fingerprint density at radius 3 is 2.96 bits per heavy atom. The highest BCUT2D eigenvalue weighted by Gasteiger charge is 2.36. The number of alkyl halides is 2. The number of fused-ring (bicyclic) bond motifs is 2. The fourth-order valence-corrected chi connectivity index (χ4v) is 3.35. The van der Waals surface area contributed by atoms with Crippen molar-refractivity contribution in [2.45, 2.75) is 18.9 Å². The van der Waals surface area contributed by atoms with E-state index in [9.17, 15) is 13.2 Å². The van der Waals surface area contributed by atoms with Gasteiger partial charge >= 0.3 is 12.4 Å². The molecule has 0 aromatic carbocycles. The van der Waals surface area contributed by atoms with Crippen LogP contribution < -0.4 is 4.90 Å². The standard InChI is InChI=1S/C16H12F3N7O/c17-8-2-1-4-26-11(8)6-10(24-26)13-12-9(20-7-21-12)3-5-25(13)16-23-22-15(27-16)14(18)19/h1-2,4,6-7,13-14H,3,5H2,(H,20,21)/t13-/m0/s1. The van der Waals surface area contributed by atoms with Crippen LogP contribution in [0.3, 0.4) is 0 Å². The van der Waals surface area contributed by atoms with Crippen LogP contribution in [-0.2, 0) is 6.42 Å². The van der Waals surface area contributed by atoms with Crippen molar-refractivity contribution in [1.29, 1.82) is 0 Å². The van der Waals surface area contributed by atoms with Crippen molar-refractivity contribution >= 4 is 11.5 Å². The molecule has 8 nitrogen and oxygen atoms in total. The highest BCUT2D eigenvalue weighted by molar-refractivity contribution is 5.52. The summed E-state index contributed by atoms with van der Waals surface area (Å²) in [5.41, 5.74) is 2.34. The Hall–Kier alpha value is -3.37.